The van der Waals surface area contributed by atoms with Crippen LogP contribution in [0.1, 0.15) is 55.9 Å². The van der Waals surface area contributed by atoms with Gasteiger partial charge in [0.1, 0.15) is 17.1 Å². The van der Waals surface area contributed by atoms with Gasteiger partial charge in [-0.2, -0.15) is 0 Å². The van der Waals surface area contributed by atoms with Crippen LogP contribution in [-0.4, -0.2) is 11.5 Å². The summed E-state index contributed by atoms with van der Waals surface area (Å²) in [6.45, 7) is 0. The maximum absolute atomic E-state index is 12.4. The Labute approximate surface area is 142 Å². The molecule has 126 valence electrons. The molecule has 1 spiro atoms. The van der Waals surface area contributed by atoms with Crippen LogP contribution in [0, 0.1) is 0 Å². The molecule has 1 amide bonds. The lowest BCUT2D eigenvalue weighted by molar-refractivity contribution is -0.122. The Morgan fingerprint density at radius 3 is 2.79 bits per heavy atom. The number of carbonyl (C=O) groups excluding carboxylic acids is 1. The molecule has 1 N–H and O–H groups in total. The van der Waals surface area contributed by atoms with Crippen LogP contribution in [0.5, 0.6) is 5.75 Å². The average Bonchev–Trinajstić information content (AvgIpc) is 3.25. The van der Waals surface area contributed by atoms with Gasteiger partial charge in [-0.25, -0.2) is 0 Å². The normalized spacial score (nSPS) is 21.2. The number of carbonyl (C=O) groups is 1. The zero-order valence-electron chi connectivity index (χ0n) is 13.8. The van der Waals surface area contributed by atoms with Crippen molar-refractivity contribution < 1.29 is 13.9 Å². The van der Waals surface area contributed by atoms with Crippen molar-refractivity contribution in [3.8, 4) is 5.75 Å². The minimum atomic E-state index is -0.0900. The fourth-order valence-electron chi connectivity index (χ4n) is 4.03. The third-order valence-corrected chi connectivity index (χ3v) is 5.23. The number of benzene rings is 1. The van der Waals surface area contributed by atoms with Crippen molar-refractivity contribution in [3.63, 3.8) is 0 Å². The molecule has 1 unspecified atom stereocenters. The van der Waals surface area contributed by atoms with Crippen LogP contribution >= 0.6 is 0 Å². The zero-order valence-corrected chi connectivity index (χ0v) is 13.8. The van der Waals surface area contributed by atoms with Crippen molar-refractivity contribution in [2.24, 2.45) is 0 Å². The summed E-state index contributed by atoms with van der Waals surface area (Å²) in [5.74, 6) is 1.85. The lowest BCUT2D eigenvalue weighted by atomic mass is 9.86. The molecule has 1 aromatic heterocycles. The lowest BCUT2D eigenvalue weighted by Gasteiger charge is -2.40. The summed E-state index contributed by atoms with van der Waals surface area (Å²) < 4.78 is 11.7. The molecule has 0 saturated heterocycles. The largest absolute Gasteiger partial charge is 0.487 e. The van der Waals surface area contributed by atoms with E-state index in [1.165, 1.54) is 12.8 Å². The molecule has 4 rings (SSSR count). The number of para-hydroxylation sites is 1. The molecule has 1 aromatic carbocycles. The highest BCUT2D eigenvalue weighted by Crippen LogP contribution is 2.46. The number of hydrogen-bond donors (Lipinski definition) is 1. The van der Waals surface area contributed by atoms with Gasteiger partial charge in [0.15, 0.2) is 0 Å². The van der Waals surface area contributed by atoms with E-state index >= 15 is 0 Å². The molecule has 1 aliphatic heterocycles. The molecule has 24 heavy (non-hydrogen) atoms. The predicted octanol–water partition coefficient (Wildman–Crippen LogP) is 4.17. The second-order valence-electron chi connectivity index (χ2n) is 6.93. The van der Waals surface area contributed by atoms with Crippen LogP contribution in [0.4, 0.5) is 0 Å². The standard InChI is InChI=1S/C20H23NO3/c22-19(10-9-15-6-5-13-23-15)21-17-14-20(11-3-4-12-20)24-18-8-2-1-7-16(17)18/h1-2,5-8,13,17H,3-4,9-12,14H2,(H,21,22). The average molecular weight is 325 g/mol. The van der Waals surface area contributed by atoms with Crippen LogP contribution in [0.25, 0.3) is 0 Å². The Bertz CT molecular complexity index is 701. The van der Waals surface area contributed by atoms with Crippen molar-refractivity contribution >= 4 is 5.91 Å². The van der Waals surface area contributed by atoms with Gasteiger partial charge in [0.05, 0.1) is 12.3 Å². The first-order valence-corrected chi connectivity index (χ1v) is 8.84. The number of hydrogen-bond acceptors (Lipinski definition) is 3. The molecule has 0 bridgehead atoms. The third kappa shape index (κ3) is 3.05. The van der Waals surface area contributed by atoms with Crippen molar-refractivity contribution in [1.82, 2.24) is 5.32 Å². The molecule has 0 radical (unpaired) electrons. The van der Waals surface area contributed by atoms with E-state index in [0.717, 1.165) is 36.3 Å². The minimum Gasteiger partial charge on any atom is -0.487 e. The van der Waals surface area contributed by atoms with Crippen molar-refractivity contribution in [2.75, 3.05) is 0 Å². The fourth-order valence-corrected chi connectivity index (χ4v) is 4.03. The van der Waals surface area contributed by atoms with Gasteiger partial charge >= 0.3 is 0 Å². The van der Waals surface area contributed by atoms with Gasteiger partial charge in [0, 0.05) is 24.8 Å². The highest BCUT2D eigenvalue weighted by molar-refractivity contribution is 5.76. The van der Waals surface area contributed by atoms with E-state index in [1.54, 1.807) is 6.26 Å². The molecule has 2 aliphatic rings. The topological polar surface area (TPSA) is 51.5 Å². The molecule has 4 heteroatoms. The Hall–Kier alpha value is -2.23. The van der Waals surface area contributed by atoms with Crippen molar-refractivity contribution in [3.05, 3.63) is 54.0 Å². The Morgan fingerprint density at radius 1 is 1.17 bits per heavy atom. The van der Waals surface area contributed by atoms with Crippen LogP contribution in [0.3, 0.4) is 0 Å². The minimum absolute atomic E-state index is 0.0390. The van der Waals surface area contributed by atoms with Crippen LogP contribution in [0.2, 0.25) is 0 Å². The van der Waals surface area contributed by atoms with Gasteiger partial charge in [-0.05, 0) is 43.9 Å². The summed E-state index contributed by atoms with van der Waals surface area (Å²) in [6, 6.07) is 11.9. The fraction of sp³-hybridized carbons (Fsp3) is 0.450. The predicted molar refractivity (Wildman–Crippen MR) is 90.8 cm³/mol. The molecule has 1 aliphatic carbocycles. The molecule has 2 heterocycles. The number of amides is 1. The van der Waals surface area contributed by atoms with Crippen molar-refractivity contribution in [1.29, 1.82) is 0 Å². The second-order valence-corrected chi connectivity index (χ2v) is 6.93. The maximum atomic E-state index is 12.4. The number of rotatable bonds is 4. The van der Waals surface area contributed by atoms with Crippen LogP contribution in [-0.2, 0) is 11.2 Å². The van der Waals surface area contributed by atoms with Crippen molar-refractivity contribution in [2.45, 2.75) is 56.6 Å². The van der Waals surface area contributed by atoms with E-state index < -0.39 is 0 Å². The lowest BCUT2D eigenvalue weighted by Crippen LogP contribution is -2.43. The van der Waals surface area contributed by atoms with E-state index in [4.69, 9.17) is 9.15 Å². The summed E-state index contributed by atoms with van der Waals surface area (Å²) in [5.41, 5.74) is 1.01. The van der Waals surface area contributed by atoms with E-state index in [9.17, 15) is 4.79 Å². The van der Waals surface area contributed by atoms with Gasteiger partial charge in [-0.1, -0.05) is 18.2 Å². The first-order valence-electron chi connectivity index (χ1n) is 8.84. The van der Waals surface area contributed by atoms with Gasteiger partial charge in [-0.3, -0.25) is 4.79 Å². The van der Waals surface area contributed by atoms with Crippen LogP contribution < -0.4 is 10.1 Å². The summed E-state index contributed by atoms with van der Waals surface area (Å²) in [6.07, 6.45) is 8.18. The number of fused-ring (bicyclic) bond motifs is 1. The van der Waals surface area contributed by atoms with E-state index in [1.807, 2.05) is 30.3 Å². The molecule has 4 nitrogen and oxygen atoms in total. The number of nitrogens with one attached hydrogen (secondary N) is 1. The Kier molecular flexibility index (Phi) is 4.05. The highest BCUT2D eigenvalue weighted by atomic mass is 16.5. The third-order valence-electron chi connectivity index (χ3n) is 5.23. The number of aryl methyl sites for hydroxylation is 1. The van der Waals surface area contributed by atoms with E-state index in [2.05, 4.69) is 11.4 Å². The monoisotopic (exact) mass is 325 g/mol. The SMILES string of the molecule is O=C(CCc1ccco1)NC1CC2(CCCC2)Oc2ccccc21. The Morgan fingerprint density at radius 2 is 2.00 bits per heavy atom. The van der Waals surface area contributed by atoms with Gasteiger partial charge < -0.3 is 14.5 Å². The van der Waals surface area contributed by atoms with Gasteiger partial charge in [-0.15, -0.1) is 0 Å². The van der Waals surface area contributed by atoms with Gasteiger partial charge in [0.25, 0.3) is 0 Å². The van der Waals surface area contributed by atoms with Crippen LogP contribution in [0.15, 0.2) is 47.1 Å². The first kappa shape index (κ1) is 15.3. The summed E-state index contributed by atoms with van der Waals surface area (Å²) >= 11 is 0. The second kappa shape index (κ2) is 6.34. The highest BCUT2D eigenvalue weighted by Gasteiger charge is 2.43. The first-order chi connectivity index (χ1) is 11.7. The maximum Gasteiger partial charge on any atom is 0.220 e. The number of furan rings is 1. The molecule has 2 aromatic rings. The summed E-state index contributed by atoms with van der Waals surface area (Å²) in [5, 5.41) is 3.23. The van der Waals surface area contributed by atoms with Gasteiger partial charge in [0.2, 0.25) is 5.91 Å². The molecular formula is C20H23NO3. The quantitative estimate of drug-likeness (QED) is 0.918. The Balaban J connectivity index is 1.47. The smallest absolute Gasteiger partial charge is 0.220 e. The molecular weight excluding hydrogens is 302 g/mol. The summed E-state index contributed by atoms with van der Waals surface area (Å²) in [7, 11) is 0. The van der Waals surface area contributed by atoms with E-state index in [-0.39, 0.29) is 17.6 Å². The molecule has 1 atom stereocenters. The summed E-state index contributed by atoms with van der Waals surface area (Å²) in [4.78, 5) is 12.4. The molecule has 1 saturated carbocycles. The number of ether oxygens (including phenoxy) is 1. The van der Waals surface area contributed by atoms with E-state index in [0.29, 0.717) is 12.8 Å². The zero-order chi connectivity index (χ0) is 16.4. The molecule has 1 fully saturated rings.